The molecule has 0 heterocycles. The zero-order chi connectivity index (χ0) is 16.4. The summed E-state index contributed by atoms with van der Waals surface area (Å²) in [5, 5.41) is 18.0. The van der Waals surface area contributed by atoms with Crippen molar-refractivity contribution in [1.29, 1.82) is 10.5 Å². The summed E-state index contributed by atoms with van der Waals surface area (Å²) < 4.78 is 35.6. The molecule has 0 aromatic heterocycles. The Labute approximate surface area is 133 Å². The van der Waals surface area contributed by atoms with Gasteiger partial charge in [0, 0.05) is 0 Å². The molecule has 4 nitrogen and oxygen atoms in total. The van der Waals surface area contributed by atoms with Crippen LogP contribution in [0, 0.1) is 34.5 Å². The molecule has 0 saturated heterocycles. The van der Waals surface area contributed by atoms with E-state index < -0.39 is 12.5 Å². The van der Waals surface area contributed by atoms with Crippen molar-refractivity contribution >= 4 is 0 Å². The molecule has 2 saturated carbocycles. The van der Waals surface area contributed by atoms with Crippen molar-refractivity contribution in [3.05, 3.63) is 23.8 Å². The van der Waals surface area contributed by atoms with E-state index in [-0.39, 0.29) is 17.6 Å². The van der Waals surface area contributed by atoms with Gasteiger partial charge in [0.15, 0.2) is 17.4 Å². The van der Waals surface area contributed by atoms with Crippen LogP contribution in [0.15, 0.2) is 18.2 Å². The monoisotopic (exact) mass is 318 g/mol. The SMILES string of the molecule is N#CC(C#N)c1ccc(OC(F)F)c(OC2CC3CCC2C3)c1. The van der Waals surface area contributed by atoms with Crippen molar-refractivity contribution in [3.8, 4) is 23.6 Å². The van der Waals surface area contributed by atoms with Gasteiger partial charge in [-0.25, -0.2) is 0 Å². The smallest absolute Gasteiger partial charge is 0.387 e. The summed E-state index contributed by atoms with van der Waals surface area (Å²) in [5.74, 6) is 0.277. The second-order valence-corrected chi connectivity index (χ2v) is 6.11. The Morgan fingerprint density at radius 2 is 1.87 bits per heavy atom. The molecule has 0 spiro atoms. The average molecular weight is 318 g/mol. The number of benzene rings is 1. The number of nitriles is 2. The molecule has 0 amide bonds. The summed E-state index contributed by atoms with van der Waals surface area (Å²) in [6, 6.07) is 8.00. The Kier molecular flexibility index (Phi) is 4.34. The Hall–Kier alpha value is -2.34. The minimum atomic E-state index is -2.95. The molecule has 2 aliphatic rings. The van der Waals surface area contributed by atoms with E-state index in [0.29, 0.717) is 17.4 Å². The molecular weight excluding hydrogens is 302 g/mol. The molecule has 3 rings (SSSR count). The van der Waals surface area contributed by atoms with E-state index in [0.717, 1.165) is 19.3 Å². The molecular formula is C17H16F2N2O2. The molecule has 1 aromatic carbocycles. The van der Waals surface area contributed by atoms with Gasteiger partial charge in [-0.3, -0.25) is 0 Å². The quantitative estimate of drug-likeness (QED) is 0.823. The highest BCUT2D eigenvalue weighted by Gasteiger charge is 2.41. The minimum absolute atomic E-state index is 0.00774. The maximum Gasteiger partial charge on any atom is 0.387 e. The van der Waals surface area contributed by atoms with E-state index in [9.17, 15) is 8.78 Å². The third kappa shape index (κ3) is 3.22. The maximum absolute atomic E-state index is 12.6. The van der Waals surface area contributed by atoms with Crippen LogP contribution in [0.25, 0.3) is 0 Å². The maximum atomic E-state index is 12.6. The normalized spacial score (nSPS) is 25.4. The second kappa shape index (κ2) is 6.42. The van der Waals surface area contributed by atoms with E-state index in [1.165, 1.54) is 24.6 Å². The van der Waals surface area contributed by atoms with Crippen LogP contribution >= 0.6 is 0 Å². The number of fused-ring (bicyclic) bond motifs is 2. The first kappa shape index (κ1) is 15.6. The molecule has 2 fully saturated rings. The Morgan fingerprint density at radius 1 is 1.09 bits per heavy atom. The Morgan fingerprint density at radius 3 is 2.43 bits per heavy atom. The molecule has 2 aliphatic carbocycles. The number of nitrogens with zero attached hydrogens (tertiary/aromatic N) is 2. The number of hydrogen-bond acceptors (Lipinski definition) is 4. The van der Waals surface area contributed by atoms with Crippen molar-refractivity contribution in [2.75, 3.05) is 0 Å². The standard InChI is InChI=1S/C17H16F2N2O2/c18-17(19)23-14-4-3-11(13(8-20)9-21)7-16(14)22-15-6-10-1-2-12(15)5-10/h3-4,7,10,12-13,15,17H,1-2,5-6H2. The molecule has 3 atom stereocenters. The summed E-state index contributed by atoms with van der Waals surface area (Å²) in [4.78, 5) is 0. The van der Waals surface area contributed by atoms with Crippen LogP contribution in [-0.2, 0) is 0 Å². The zero-order valence-electron chi connectivity index (χ0n) is 12.4. The average Bonchev–Trinajstić information content (AvgIpc) is 3.13. The molecule has 0 N–H and O–H groups in total. The van der Waals surface area contributed by atoms with Gasteiger partial charge in [-0.15, -0.1) is 0 Å². The van der Waals surface area contributed by atoms with E-state index in [4.69, 9.17) is 15.3 Å². The zero-order valence-corrected chi connectivity index (χ0v) is 12.4. The van der Waals surface area contributed by atoms with Gasteiger partial charge in [-0.05, 0) is 55.2 Å². The molecule has 3 unspecified atom stereocenters. The fourth-order valence-electron chi connectivity index (χ4n) is 3.66. The molecule has 6 heteroatoms. The second-order valence-electron chi connectivity index (χ2n) is 6.11. The van der Waals surface area contributed by atoms with Crippen LogP contribution in [0.4, 0.5) is 8.78 Å². The highest BCUT2D eigenvalue weighted by molar-refractivity contribution is 5.46. The fraction of sp³-hybridized carbons (Fsp3) is 0.529. The molecule has 1 aromatic rings. The van der Waals surface area contributed by atoms with Crippen LogP contribution in [0.1, 0.15) is 37.2 Å². The predicted molar refractivity (Wildman–Crippen MR) is 76.9 cm³/mol. The minimum Gasteiger partial charge on any atom is -0.486 e. The third-order valence-corrected chi connectivity index (χ3v) is 4.73. The van der Waals surface area contributed by atoms with E-state index in [1.807, 2.05) is 12.1 Å². The van der Waals surface area contributed by atoms with Gasteiger partial charge < -0.3 is 9.47 Å². The van der Waals surface area contributed by atoms with Crippen molar-refractivity contribution < 1.29 is 18.3 Å². The predicted octanol–water partition coefficient (Wildman–Crippen LogP) is 3.99. The highest BCUT2D eigenvalue weighted by Crippen LogP contribution is 2.47. The van der Waals surface area contributed by atoms with Gasteiger partial charge in [-0.1, -0.05) is 6.07 Å². The van der Waals surface area contributed by atoms with E-state index in [1.54, 1.807) is 0 Å². The van der Waals surface area contributed by atoms with Gasteiger partial charge in [0.05, 0.1) is 12.1 Å². The van der Waals surface area contributed by atoms with Crippen LogP contribution < -0.4 is 9.47 Å². The van der Waals surface area contributed by atoms with Gasteiger partial charge in [0.25, 0.3) is 0 Å². The molecule has 0 aliphatic heterocycles. The third-order valence-electron chi connectivity index (χ3n) is 4.73. The number of rotatable bonds is 5. The van der Waals surface area contributed by atoms with Crippen LogP contribution in [0.3, 0.4) is 0 Å². The topological polar surface area (TPSA) is 66.0 Å². The lowest BCUT2D eigenvalue weighted by atomic mass is 9.97. The first-order valence-electron chi connectivity index (χ1n) is 7.65. The summed E-state index contributed by atoms with van der Waals surface area (Å²) in [6.07, 6.45) is 4.33. The highest BCUT2D eigenvalue weighted by atomic mass is 19.3. The van der Waals surface area contributed by atoms with Crippen molar-refractivity contribution in [3.63, 3.8) is 0 Å². The lowest BCUT2D eigenvalue weighted by molar-refractivity contribution is -0.0524. The number of halogens is 2. The van der Waals surface area contributed by atoms with E-state index >= 15 is 0 Å². The van der Waals surface area contributed by atoms with Gasteiger partial charge >= 0.3 is 6.61 Å². The summed E-state index contributed by atoms with van der Waals surface area (Å²) in [6.45, 7) is -2.95. The van der Waals surface area contributed by atoms with Crippen LogP contribution in [0.2, 0.25) is 0 Å². The first-order valence-corrected chi connectivity index (χ1v) is 7.65. The number of alkyl halides is 2. The largest absolute Gasteiger partial charge is 0.486 e. The van der Waals surface area contributed by atoms with Gasteiger partial charge in [0.1, 0.15) is 6.10 Å². The fourth-order valence-corrected chi connectivity index (χ4v) is 3.66. The Balaban J connectivity index is 1.86. The van der Waals surface area contributed by atoms with Gasteiger partial charge in [0.2, 0.25) is 0 Å². The number of ether oxygens (including phenoxy) is 2. The van der Waals surface area contributed by atoms with E-state index in [2.05, 4.69) is 4.74 Å². The Bertz CT molecular complexity index is 652. The molecule has 2 bridgehead atoms. The lowest BCUT2D eigenvalue weighted by Crippen LogP contribution is -2.24. The number of hydrogen-bond donors (Lipinski definition) is 0. The summed E-state index contributed by atoms with van der Waals surface area (Å²) in [7, 11) is 0. The lowest BCUT2D eigenvalue weighted by Gasteiger charge is -2.24. The van der Waals surface area contributed by atoms with Crippen molar-refractivity contribution in [1.82, 2.24) is 0 Å². The van der Waals surface area contributed by atoms with Crippen molar-refractivity contribution in [2.24, 2.45) is 11.8 Å². The first-order chi connectivity index (χ1) is 11.1. The van der Waals surface area contributed by atoms with Crippen LogP contribution in [-0.4, -0.2) is 12.7 Å². The molecule has 0 radical (unpaired) electrons. The molecule has 120 valence electrons. The van der Waals surface area contributed by atoms with Crippen LogP contribution in [0.5, 0.6) is 11.5 Å². The summed E-state index contributed by atoms with van der Waals surface area (Å²) >= 11 is 0. The summed E-state index contributed by atoms with van der Waals surface area (Å²) in [5.41, 5.74) is 0.426. The van der Waals surface area contributed by atoms with Gasteiger partial charge in [-0.2, -0.15) is 19.3 Å². The molecule has 23 heavy (non-hydrogen) atoms. The van der Waals surface area contributed by atoms with Crippen molar-refractivity contribution in [2.45, 2.75) is 44.3 Å².